The van der Waals surface area contributed by atoms with Crippen LogP contribution >= 0.6 is 0 Å². The molecule has 12 rings (SSSR count). The Morgan fingerprint density at radius 2 is 0.582 bits per heavy atom. The SMILES string of the molecule is c1ccc(-c2ccc(N(c3ccc(-c4ccccc4)cc3)c3ccc(-c4ccc5c(c4)Cc4cc(-c6ccc7ccccc7c6)ccc4N5c4ccc(-c5ccccc5)cc4)cc3)cc2)cc1. The summed E-state index contributed by atoms with van der Waals surface area (Å²) in [6.45, 7) is 0. The highest BCUT2D eigenvalue weighted by Gasteiger charge is 2.25. The summed E-state index contributed by atoms with van der Waals surface area (Å²) in [5.41, 5.74) is 21.6. The fraction of sp³-hybridized carbons (Fsp3) is 0.0154. The summed E-state index contributed by atoms with van der Waals surface area (Å²) in [4.78, 5) is 4.80. The number of fused-ring (bicyclic) bond motifs is 3. The van der Waals surface area contributed by atoms with Crippen molar-refractivity contribution < 1.29 is 0 Å². The van der Waals surface area contributed by atoms with Crippen LogP contribution in [0.15, 0.2) is 267 Å². The topological polar surface area (TPSA) is 6.48 Å². The van der Waals surface area contributed by atoms with Gasteiger partial charge in [0.1, 0.15) is 0 Å². The Labute approximate surface area is 393 Å². The first-order chi connectivity index (χ1) is 33.2. The van der Waals surface area contributed by atoms with Crippen LogP contribution < -0.4 is 9.80 Å². The van der Waals surface area contributed by atoms with Crippen LogP contribution in [0.25, 0.3) is 66.4 Å². The Morgan fingerprint density at radius 1 is 0.254 bits per heavy atom. The van der Waals surface area contributed by atoms with E-state index in [-0.39, 0.29) is 0 Å². The Hall–Kier alpha value is -8.72. The summed E-state index contributed by atoms with van der Waals surface area (Å²) >= 11 is 0. The quantitative estimate of drug-likeness (QED) is 0.143. The summed E-state index contributed by atoms with van der Waals surface area (Å²) < 4.78 is 0. The molecule has 1 aliphatic heterocycles. The average Bonchev–Trinajstić information content (AvgIpc) is 3.41. The van der Waals surface area contributed by atoms with E-state index >= 15 is 0 Å². The second kappa shape index (κ2) is 17.3. The lowest BCUT2D eigenvalue weighted by Crippen LogP contribution is -2.18. The molecule has 0 fully saturated rings. The number of anilines is 6. The monoisotopic (exact) mass is 854 g/mol. The minimum atomic E-state index is 0.836. The standard InChI is InChI=1S/C65H46N2/c1-4-12-46(13-5-1)50-22-32-60(33-23-50)66(61-34-24-51(25-35-61)47-14-6-2-7-15-47)62-36-28-53(29-37-62)55-30-40-64-58(43-55)45-59-44-57(56-21-20-49-18-10-11-19-54(49)42-56)31-41-65(59)67(64)63-38-26-52(27-39-63)48-16-8-3-9-17-48/h1-44H,45H2. The van der Waals surface area contributed by atoms with Crippen molar-refractivity contribution in [1.29, 1.82) is 0 Å². The van der Waals surface area contributed by atoms with Gasteiger partial charge in [-0.05, 0) is 156 Å². The third-order valence-corrected chi connectivity index (χ3v) is 13.3. The number of rotatable bonds is 9. The largest absolute Gasteiger partial charge is 0.311 e. The minimum Gasteiger partial charge on any atom is -0.311 e. The third-order valence-electron chi connectivity index (χ3n) is 13.3. The Bertz CT molecular complexity index is 3410. The van der Waals surface area contributed by atoms with E-state index in [2.05, 4.69) is 277 Å². The van der Waals surface area contributed by atoms with Gasteiger partial charge < -0.3 is 9.80 Å². The Morgan fingerprint density at radius 3 is 1.04 bits per heavy atom. The molecule has 0 spiro atoms. The predicted octanol–water partition coefficient (Wildman–Crippen LogP) is 18.0. The van der Waals surface area contributed by atoms with Crippen LogP contribution in [0.3, 0.4) is 0 Å². The fourth-order valence-electron chi connectivity index (χ4n) is 9.78. The van der Waals surface area contributed by atoms with E-state index in [9.17, 15) is 0 Å². The lowest BCUT2D eigenvalue weighted by Gasteiger charge is -2.34. The molecule has 2 heteroatoms. The van der Waals surface area contributed by atoms with Crippen LogP contribution in [-0.2, 0) is 6.42 Å². The molecular formula is C65H46N2. The van der Waals surface area contributed by atoms with Gasteiger partial charge in [0.15, 0.2) is 0 Å². The molecule has 0 atom stereocenters. The van der Waals surface area contributed by atoms with Gasteiger partial charge in [0, 0.05) is 40.5 Å². The molecule has 0 unspecified atom stereocenters. The van der Waals surface area contributed by atoms with Crippen molar-refractivity contribution in [3.8, 4) is 55.6 Å². The van der Waals surface area contributed by atoms with Crippen LogP contribution in [0.5, 0.6) is 0 Å². The minimum absolute atomic E-state index is 0.836. The summed E-state index contributed by atoms with van der Waals surface area (Å²) in [6, 6.07) is 97.1. The maximum Gasteiger partial charge on any atom is 0.0497 e. The summed E-state index contributed by atoms with van der Waals surface area (Å²) in [5.74, 6) is 0. The van der Waals surface area contributed by atoms with Crippen LogP contribution in [0.4, 0.5) is 34.1 Å². The van der Waals surface area contributed by atoms with E-state index in [1.54, 1.807) is 0 Å². The van der Waals surface area contributed by atoms with Gasteiger partial charge in [-0.2, -0.15) is 0 Å². The number of hydrogen-bond donors (Lipinski definition) is 0. The molecular weight excluding hydrogens is 809 g/mol. The molecule has 0 aliphatic carbocycles. The zero-order chi connectivity index (χ0) is 44.5. The van der Waals surface area contributed by atoms with Crippen molar-refractivity contribution in [3.63, 3.8) is 0 Å². The van der Waals surface area contributed by atoms with Crippen molar-refractivity contribution in [2.45, 2.75) is 6.42 Å². The normalized spacial score (nSPS) is 11.8. The van der Waals surface area contributed by atoms with Gasteiger partial charge in [-0.25, -0.2) is 0 Å². The van der Waals surface area contributed by atoms with E-state index in [4.69, 9.17) is 0 Å². The molecule has 0 radical (unpaired) electrons. The number of hydrogen-bond acceptors (Lipinski definition) is 2. The van der Waals surface area contributed by atoms with Crippen LogP contribution in [-0.4, -0.2) is 0 Å². The van der Waals surface area contributed by atoms with Crippen LogP contribution in [0.2, 0.25) is 0 Å². The van der Waals surface area contributed by atoms with E-state index in [0.29, 0.717) is 0 Å². The highest BCUT2D eigenvalue weighted by atomic mass is 15.2. The molecule has 0 bridgehead atoms. The highest BCUT2D eigenvalue weighted by molar-refractivity contribution is 5.91. The van der Waals surface area contributed by atoms with Crippen molar-refractivity contribution in [1.82, 2.24) is 0 Å². The van der Waals surface area contributed by atoms with Gasteiger partial charge in [0.25, 0.3) is 0 Å². The second-order valence-corrected chi connectivity index (χ2v) is 17.4. The lowest BCUT2D eigenvalue weighted by molar-refractivity contribution is 1.09. The lowest BCUT2D eigenvalue weighted by atomic mass is 9.89. The van der Waals surface area contributed by atoms with Gasteiger partial charge in [0.2, 0.25) is 0 Å². The highest BCUT2D eigenvalue weighted by Crippen LogP contribution is 2.47. The smallest absolute Gasteiger partial charge is 0.0497 e. The first-order valence-electron chi connectivity index (χ1n) is 23.1. The molecule has 0 saturated heterocycles. The van der Waals surface area contributed by atoms with E-state index in [0.717, 1.165) is 29.2 Å². The van der Waals surface area contributed by atoms with Gasteiger partial charge in [-0.15, -0.1) is 0 Å². The third kappa shape index (κ3) is 7.85. The van der Waals surface area contributed by atoms with Gasteiger partial charge in [-0.1, -0.05) is 188 Å². The predicted molar refractivity (Wildman–Crippen MR) is 283 cm³/mol. The van der Waals surface area contributed by atoms with E-state index in [1.807, 2.05) is 0 Å². The molecule has 11 aromatic rings. The average molecular weight is 855 g/mol. The van der Waals surface area contributed by atoms with Crippen molar-refractivity contribution in [3.05, 3.63) is 278 Å². The van der Waals surface area contributed by atoms with Crippen LogP contribution in [0, 0.1) is 0 Å². The molecule has 316 valence electrons. The summed E-state index contributed by atoms with van der Waals surface area (Å²) in [7, 11) is 0. The first-order valence-corrected chi connectivity index (χ1v) is 23.1. The molecule has 67 heavy (non-hydrogen) atoms. The fourth-order valence-corrected chi connectivity index (χ4v) is 9.78. The van der Waals surface area contributed by atoms with E-state index < -0.39 is 0 Å². The molecule has 2 nitrogen and oxygen atoms in total. The zero-order valence-corrected chi connectivity index (χ0v) is 37.0. The number of benzene rings is 11. The molecule has 1 aliphatic rings. The molecule has 0 saturated carbocycles. The second-order valence-electron chi connectivity index (χ2n) is 17.4. The van der Waals surface area contributed by atoms with Crippen molar-refractivity contribution >= 4 is 44.9 Å². The van der Waals surface area contributed by atoms with Crippen LogP contribution in [0.1, 0.15) is 11.1 Å². The summed E-state index contributed by atoms with van der Waals surface area (Å²) in [6.07, 6.45) is 0.836. The van der Waals surface area contributed by atoms with Crippen molar-refractivity contribution in [2.24, 2.45) is 0 Å². The molecule has 0 aromatic heterocycles. The maximum absolute atomic E-state index is 2.45. The van der Waals surface area contributed by atoms with Crippen molar-refractivity contribution in [2.75, 3.05) is 9.80 Å². The Kier molecular flexibility index (Phi) is 10.3. The first kappa shape index (κ1) is 39.8. The maximum atomic E-state index is 2.45. The molecule has 0 amide bonds. The van der Waals surface area contributed by atoms with Gasteiger partial charge >= 0.3 is 0 Å². The zero-order valence-electron chi connectivity index (χ0n) is 37.0. The van der Waals surface area contributed by atoms with E-state index in [1.165, 1.54) is 88.9 Å². The Balaban J connectivity index is 0.905. The molecule has 1 heterocycles. The number of nitrogens with zero attached hydrogens (tertiary/aromatic N) is 2. The van der Waals surface area contributed by atoms with Gasteiger partial charge in [-0.3, -0.25) is 0 Å². The molecule has 11 aromatic carbocycles. The van der Waals surface area contributed by atoms with Gasteiger partial charge in [0.05, 0.1) is 0 Å². The molecule has 0 N–H and O–H groups in total. The summed E-state index contributed by atoms with van der Waals surface area (Å²) in [5, 5.41) is 2.51.